The molecule has 1 N–H and O–H groups in total. The van der Waals surface area contributed by atoms with E-state index in [-0.39, 0.29) is 5.91 Å². The number of aryl methyl sites for hydroxylation is 1. The Labute approximate surface area is 127 Å². The molecule has 0 saturated carbocycles. The van der Waals surface area contributed by atoms with Crippen LogP contribution < -0.4 is 5.32 Å². The molecular formula is C17H14N2OS. The van der Waals surface area contributed by atoms with Gasteiger partial charge in [-0.2, -0.15) is 0 Å². The highest BCUT2D eigenvalue weighted by atomic mass is 32.1. The molecule has 0 bridgehead atoms. The molecule has 0 fully saturated rings. The zero-order valence-corrected chi connectivity index (χ0v) is 12.4. The third-order valence-electron chi connectivity index (χ3n) is 3.14. The van der Waals surface area contributed by atoms with Crippen molar-refractivity contribution in [3.8, 4) is 10.4 Å². The normalized spacial score (nSPS) is 10.3. The Bertz CT molecular complexity index is 749. The van der Waals surface area contributed by atoms with Gasteiger partial charge in [-0.25, -0.2) is 0 Å². The molecule has 2 heterocycles. The maximum atomic E-state index is 12.3. The number of aromatic nitrogens is 1. The summed E-state index contributed by atoms with van der Waals surface area (Å²) in [5.41, 5.74) is 3.29. The molecule has 3 aromatic rings. The minimum atomic E-state index is -0.147. The molecular weight excluding hydrogens is 280 g/mol. The highest BCUT2D eigenvalue weighted by Gasteiger charge is 2.10. The molecule has 104 valence electrons. The van der Waals surface area contributed by atoms with E-state index in [1.807, 2.05) is 54.8 Å². The highest BCUT2D eigenvalue weighted by molar-refractivity contribution is 7.13. The Morgan fingerprint density at radius 2 is 1.95 bits per heavy atom. The number of amides is 1. The van der Waals surface area contributed by atoms with Crippen molar-refractivity contribution < 1.29 is 4.79 Å². The summed E-state index contributed by atoms with van der Waals surface area (Å²) in [6.45, 7) is 1.90. The van der Waals surface area contributed by atoms with E-state index in [9.17, 15) is 4.79 Å². The van der Waals surface area contributed by atoms with Gasteiger partial charge in [-0.15, -0.1) is 11.3 Å². The van der Waals surface area contributed by atoms with Crippen LogP contribution in [0.4, 0.5) is 5.69 Å². The first kappa shape index (κ1) is 13.5. The highest BCUT2D eigenvalue weighted by Crippen LogP contribution is 2.31. The molecule has 0 atom stereocenters. The van der Waals surface area contributed by atoms with E-state index in [1.54, 1.807) is 23.6 Å². The summed E-state index contributed by atoms with van der Waals surface area (Å²) < 4.78 is 0. The summed E-state index contributed by atoms with van der Waals surface area (Å²) in [7, 11) is 0. The predicted octanol–water partition coefficient (Wildman–Crippen LogP) is 4.37. The molecule has 0 unspecified atom stereocenters. The van der Waals surface area contributed by atoms with Crippen molar-refractivity contribution in [3.63, 3.8) is 0 Å². The Hall–Kier alpha value is -2.46. The van der Waals surface area contributed by atoms with Gasteiger partial charge in [-0.05, 0) is 36.6 Å². The Morgan fingerprint density at radius 1 is 1.10 bits per heavy atom. The van der Waals surface area contributed by atoms with Gasteiger partial charge in [0.2, 0.25) is 0 Å². The van der Waals surface area contributed by atoms with Crippen LogP contribution in [0.15, 0.2) is 60.1 Å². The van der Waals surface area contributed by atoms with Crippen LogP contribution in [-0.4, -0.2) is 10.9 Å². The standard InChI is InChI=1S/C17H14N2OS/c1-12-8-9-13(11-18-12)17(20)19-15-6-3-2-5-14(15)16-7-4-10-21-16/h2-11H,1H3,(H,19,20). The van der Waals surface area contributed by atoms with Gasteiger partial charge in [-0.1, -0.05) is 24.3 Å². The van der Waals surface area contributed by atoms with Gasteiger partial charge in [0.1, 0.15) is 0 Å². The lowest BCUT2D eigenvalue weighted by molar-refractivity contribution is 0.102. The van der Waals surface area contributed by atoms with E-state index in [0.717, 1.165) is 21.8 Å². The number of benzene rings is 1. The maximum Gasteiger partial charge on any atom is 0.257 e. The van der Waals surface area contributed by atoms with Crippen molar-refractivity contribution in [3.05, 3.63) is 71.4 Å². The van der Waals surface area contributed by atoms with Gasteiger partial charge < -0.3 is 5.32 Å². The van der Waals surface area contributed by atoms with Crippen LogP contribution >= 0.6 is 11.3 Å². The smallest absolute Gasteiger partial charge is 0.257 e. The number of hydrogen-bond acceptors (Lipinski definition) is 3. The molecule has 0 radical (unpaired) electrons. The molecule has 0 spiro atoms. The summed E-state index contributed by atoms with van der Waals surface area (Å²) in [5.74, 6) is -0.147. The third kappa shape index (κ3) is 3.01. The lowest BCUT2D eigenvalue weighted by atomic mass is 10.1. The van der Waals surface area contributed by atoms with Crippen LogP contribution in [0.25, 0.3) is 10.4 Å². The zero-order chi connectivity index (χ0) is 14.7. The molecule has 0 aliphatic rings. The average Bonchev–Trinajstić information content (AvgIpc) is 3.02. The SMILES string of the molecule is Cc1ccc(C(=O)Nc2ccccc2-c2cccs2)cn1. The lowest BCUT2D eigenvalue weighted by Gasteiger charge is -2.10. The number of thiophene rings is 1. The number of carbonyl (C=O) groups is 1. The summed E-state index contributed by atoms with van der Waals surface area (Å²) in [6, 6.07) is 15.5. The number of pyridine rings is 1. The first-order chi connectivity index (χ1) is 10.2. The molecule has 21 heavy (non-hydrogen) atoms. The van der Waals surface area contributed by atoms with Crippen molar-refractivity contribution >= 4 is 22.9 Å². The van der Waals surface area contributed by atoms with Crippen LogP contribution in [0.1, 0.15) is 16.1 Å². The van der Waals surface area contributed by atoms with E-state index < -0.39 is 0 Å². The number of carbonyl (C=O) groups excluding carboxylic acids is 1. The van der Waals surface area contributed by atoms with Crippen molar-refractivity contribution in [2.45, 2.75) is 6.92 Å². The van der Waals surface area contributed by atoms with Crippen molar-refractivity contribution in [1.82, 2.24) is 4.98 Å². The maximum absolute atomic E-state index is 12.3. The summed E-state index contributed by atoms with van der Waals surface area (Å²) in [6.07, 6.45) is 1.60. The van der Waals surface area contributed by atoms with Gasteiger partial charge in [0.05, 0.1) is 5.56 Å². The van der Waals surface area contributed by atoms with E-state index in [1.165, 1.54) is 0 Å². The van der Waals surface area contributed by atoms with Gasteiger partial charge in [0, 0.05) is 28.0 Å². The van der Waals surface area contributed by atoms with Crippen LogP contribution in [0.2, 0.25) is 0 Å². The second-order valence-corrected chi connectivity index (χ2v) is 5.61. The molecule has 1 aromatic carbocycles. The van der Waals surface area contributed by atoms with Crippen LogP contribution in [0, 0.1) is 6.92 Å². The first-order valence-electron chi connectivity index (χ1n) is 6.61. The lowest BCUT2D eigenvalue weighted by Crippen LogP contribution is -2.12. The fourth-order valence-electron chi connectivity index (χ4n) is 2.04. The number of rotatable bonds is 3. The quantitative estimate of drug-likeness (QED) is 0.779. The molecule has 4 heteroatoms. The van der Waals surface area contributed by atoms with Crippen LogP contribution in [-0.2, 0) is 0 Å². The first-order valence-corrected chi connectivity index (χ1v) is 7.49. The van der Waals surface area contributed by atoms with Gasteiger partial charge >= 0.3 is 0 Å². The molecule has 3 nitrogen and oxygen atoms in total. The minimum absolute atomic E-state index is 0.147. The van der Waals surface area contributed by atoms with Crippen molar-refractivity contribution in [1.29, 1.82) is 0 Å². The summed E-state index contributed by atoms with van der Waals surface area (Å²) in [5, 5.41) is 4.99. The molecule has 3 rings (SSSR count). The fraction of sp³-hybridized carbons (Fsp3) is 0.0588. The second kappa shape index (κ2) is 5.89. The van der Waals surface area contributed by atoms with Crippen molar-refractivity contribution in [2.24, 2.45) is 0 Å². The summed E-state index contributed by atoms with van der Waals surface area (Å²) >= 11 is 1.65. The Kier molecular flexibility index (Phi) is 3.79. The second-order valence-electron chi connectivity index (χ2n) is 4.67. The van der Waals surface area contributed by atoms with Gasteiger partial charge in [0.25, 0.3) is 5.91 Å². The van der Waals surface area contributed by atoms with E-state index in [2.05, 4.69) is 10.3 Å². The molecule has 0 aliphatic heterocycles. The molecule has 1 amide bonds. The van der Waals surface area contributed by atoms with Crippen molar-refractivity contribution in [2.75, 3.05) is 5.32 Å². The largest absolute Gasteiger partial charge is 0.321 e. The van der Waals surface area contributed by atoms with E-state index in [4.69, 9.17) is 0 Å². The van der Waals surface area contributed by atoms with E-state index >= 15 is 0 Å². The fourth-order valence-corrected chi connectivity index (χ4v) is 2.80. The molecule has 0 aliphatic carbocycles. The summed E-state index contributed by atoms with van der Waals surface area (Å²) in [4.78, 5) is 17.6. The monoisotopic (exact) mass is 294 g/mol. The number of para-hydroxylation sites is 1. The van der Waals surface area contributed by atoms with Gasteiger partial charge in [0.15, 0.2) is 0 Å². The number of anilines is 1. The molecule has 2 aromatic heterocycles. The number of nitrogens with one attached hydrogen (secondary N) is 1. The van der Waals surface area contributed by atoms with Crippen LogP contribution in [0.3, 0.4) is 0 Å². The topological polar surface area (TPSA) is 42.0 Å². The van der Waals surface area contributed by atoms with Gasteiger partial charge in [-0.3, -0.25) is 9.78 Å². The van der Waals surface area contributed by atoms with E-state index in [0.29, 0.717) is 5.56 Å². The Morgan fingerprint density at radius 3 is 2.67 bits per heavy atom. The Balaban J connectivity index is 1.88. The molecule has 0 saturated heterocycles. The zero-order valence-electron chi connectivity index (χ0n) is 11.5. The van der Waals surface area contributed by atoms with Crippen LogP contribution in [0.5, 0.6) is 0 Å². The third-order valence-corrected chi connectivity index (χ3v) is 4.04. The predicted molar refractivity (Wildman–Crippen MR) is 86.7 cm³/mol. The minimum Gasteiger partial charge on any atom is -0.321 e. The number of hydrogen-bond donors (Lipinski definition) is 1. The average molecular weight is 294 g/mol. The number of nitrogens with zero attached hydrogens (tertiary/aromatic N) is 1.